The van der Waals surface area contributed by atoms with E-state index in [4.69, 9.17) is 9.47 Å². The van der Waals surface area contributed by atoms with Crippen LogP contribution in [0.3, 0.4) is 0 Å². The molecule has 4 heteroatoms. The first-order valence-electron chi connectivity index (χ1n) is 8.40. The molecule has 2 aromatic carbocycles. The van der Waals surface area contributed by atoms with Crippen molar-refractivity contribution in [2.24, 2.45) is 0 Å². The Morgan fingerprint density at radius 3 is 2.17 bits per heavy atom. The third kappa shape index (κ3) is 4.67. The van der Waals surface area contributed by atoms with Crippen LogP contribution in [0.5, 0.6) is 5.75 Å². The number of fused-ring (bicyclic) bond motifs is 1. The zero-order valence-corrected chi connectivity index (χ0v) is 13.9. The maximum absolute atomic E-state index is 5.93. The van der Waals surface area contributed by atoms with Crippen LogP contribution in [0, 0.1) is 0 Å². The van der Waals surface area contributed by atoms with Gasteiger partial charge in [-0.1, -0.05) is 30.3 Å². The molecule has 1 saturated heterocycles. The topological polar surface area (TPSA) is 24.9 Å². The van der Waals surface area contributed by atoms with E-state index in [9.17, 15) is 0 Å². The summed E-state index contributed by atoms with van der Waals surface area (Å²) in [6.07, 6.45) is 0. The van der Waals surface area contributed by atoms with Gasteiger partial charge in [0, 0.05) is 46.4 Å². The summed E-state index contributed by atoms with van der Waals surface area (Å²) < 4.78 is 11.1. The maximum atomic E-state index is 5.93. The molecule has 23 heavy (non-hydrogen) atoms. The molecule has 0 unspecified atom stereocenters. The van der Waals surface area contributed by atoms with Gasteiger partial charge in [0.15, 0.2) is 0 Å². The number of methoxy groups -OCH3 is 1. The minimum Gasteiger partial charge on any atom is -0.492 e. The lowest BCUT2D eigenvalue weighted by molar-refractivity contribution is 0.0894. The molecule has 0 aromatic heterocycles. The lowest BCUT2D eigenvalue weighted by Gasteiger charge is -2.34. The molecule has 1 aliphatic rings. The summed E-state index contributed by atoms with van der Waals surface area (Å²) in [5.41, 5.74) is 0. The molecule has 3 rings (SSSR count). The average molecular weight is 314 g/mol. The molecule has 2 aromatic rings. The van der Waals surface area contributed by atoms with Crippen molar-refractivity contribution in [2.75, 3.05) is 59.6 Å². The van der Waals surface area contributed by atoms with E-state index in [1.165, 1.54) is 10.8 Å². The smallest absolute Gasteiger partial charge is 0.120 e. The molecular weight excluding hydrogens is 288 g/mol. The summed E-state index contributed by atoms with van der Waals surface area (Å²) >= 11 is 0. The van der Waals surface area contributed by atoms with Crippen molar-refractivity contribution >= 4 is 10.8 Å². The van der Waals surface area contributed by atoms with Gasteiger partial charge < -0.3 is 9.47 Å². The van der Waals surface area contributed by atoms with E-state index in [0.29, 0.717) is 0 Å². The molecule has 0 bridgehead atoms. The first kappa shape index (κ1) is 16.2. The molecule has 1 aliphatic heterocycles. The number of benzene rings is 2. The van der Waals surface area contributed by atoms with Crippen LogP contribution in [-0.4, -0.2) is 69.4 Å². The molecule has 0 N–H and O–H groups in total. The molecule has 0 saturated carbocycles. The fourth-order valence-corrected chi connectivity index (χ4v) is 3.01. The fourth-order valence-electron chi connectivity index (χ4n) is 3.01. The van der Waals surface area contributed by atoms with Crippen LogP contribution in [0.1, 0.15) is 0 Å². The van der Waals surface area contributed by atoms with Gasteiger partial charge in [0.1, 0.15) is 12.4 Å². The molecule has 0 aliphatic carbocycles. The SMILES string of the molecule is COCCN1CCN(CCOc2ccc3ccccc3c2)CC1. The summed E-state index contributed by atoms with van der Waals surface area (Å²) in [6.45, 7) is 8.08. The monoisotopic (exact) mass is 314 g/mol. The Morgan fingerprint density at radius 1 is 0.826 bits per heavy atom. The van der Waals surface area contributed by atoms with Crippen LogP contribution in [0.4, 0.5) is 0 Å². The Kier molecular flexibility index (Phi) is 5.86. The molecule has 124 valence electrons. The highest BCUT2D eigenvalue weighted by atomic mass is 16.5. The predicted octanol–water partition coefficient (Wildman–Crippen LogP) is 2.48. The van der Waals surface area contributed by atoms with E-state index in [2.05, 4.69) is 52.3 Å². The zero-order chi connectivity index (χ0) is 15.9. The maximum Gasteiger partial charge on any atom is 0.120 e. The van der Waals surface area contributed by atoms with Gasteiger partial charge in [0.25, 0.3) is 0 Å². The van der Waals surface area contributed by atoms with Gasteiger partial charge in [-0.3, -0.25) is 9.80 Å². The highest BCUT2D eigenvalue weighted by Crippen LogP contribution is 2.20. The number of piperazine rings is 1. The Morgan fingerprint density at radius 2 is 1.48 bits per heavy atom. The number of nitrogens with zero attached hydrogens (tertiary/aromatic N) is 2. The second-order valence-corrected chi connectivity index (χ2v) is 6.03. The Balaban J connectivity index is 1.41. The van der Waals surface area contributed by atoms with Crippen LogP contribution in [0.25, 0.3) is 10.8 Å². The summed E-state index contributed by atoms with van der Waals surface area (Å²) in [6, 6.07) is 14.7. The molecule has 0 radical (unpaired) electrons. The van der Waals surface area contributed by atoms with Crippen LogP contribution < -0.4 is 4.74 Å². The predicted molar refractivity (Wildman–Crippen MR) is 94.2 cm³/mol. The standard InChI is InChI=1S/C19H26N2O2/c1-22-14-12-20-8-10-21(11-9-20)13-15-23-19-7-6-17-4-2-3-5-18(17)16-19/h2-7,16H,8-15H2,1H3. The zero-order valence-electron chi connectivity index (χ0n) is 13.9. The molecular formula is C19H26N2O2. The molecule has 0 spiro atoms. The van der Waals surface area contributed by atoms with E-state index in [0.717, 1.165) is 58.2 Å². The van der Waals surface area contributed by atoms with Crippen LogP contribution in [0.15, 0.2) is 42.5 Å². The quantitative estimate of drug-likeness (QED) is 0.784. The number of ether oxygens (including phenoxy) is 2. The third-order valence-electron chi connectivity index (χ3n) is 4.47. The van der Waals surface area contributed by atoms with E-state index in [-0.39, 0.29) is 0 Å². The van der Waals surface area contributed by atoms with E-state index >= 15 is 0 Å². The van der Waals surface area contributed by atoms with Crippen molar-refractivity contribution in [3.05, 3.63) is 42.5 Å². The highest BCUT2D eigenvalue weighted by Gasteiger charge is 2.16. The lowest BCUT2D eigenvalue weighted by Crippen LogP contribution is -2.48. The third-order valence-corrected chi connectivity index (χ3v) is 4.47. The Bertz CT molecular complexity index is 609. The summed E-state index contributed by atoms with van der Waals surface area (Å²) in [4.78, 5) is 4.94. The second kappa shape index (κ2) is 8.29. The van der Waals surface area contributed by atoms with E-state index in [1.807, 2.05) is 0 Å². The van der Waals surface area contributed by atoms with Crippen molar-refractivity contribution in [1.82, 2.24) is 9.80 Å². The van der Waals surface area contributed by atoms with Gasteiger partial charge in [-0.2, -0.15) is 0 Å². The Labute approximate surface area is 138 Å². The van der Waals surface area contributed by atoms with Gasteiger partial charge in [0.2, 0.25) is 0 Å². The normalized spacial score (nSPS) is 16.7. The minimum absolute atomic E-state index is 0.746. The average Bonchev–Trinajstić information content (AvgIpc) is 2.61. The molecule has 4 nitrogen and oxygen atoms in total. The van der Waals surface area contributed by atoms with Crippen LogP contribution in [0.2, 0.25) is 0 Å². The highest BCUT2D eigenvalue weighted by molar-refractivity contribution is 5.83. The summed E-state index contributed by atoms with van der Waals surface area (Å²) in [7, 11) is 1.76. The van der Waals surface area contributed by atoms with Crippen molar-refractivity contribution in [3.63, 3.8) is 0 Å². The van der Waals surface area contributed by atoms with Crippen molar-refractivity contribution in [2.45, 2.75) is 0 Å². The number of hydrogen-bond donors (Lipinski definition) is 0. The van der Waals surface area contributed by atoms with Crippen molar-refractivity contribution in [3.8, 4) is 5.75 Å². The van der Waals surface area contributed by atoms with Crippen molar-refractivity contribution in [1.29, 1.82) is 0 Å². The van der Waals surface area contributed by atoms with Crippen LogP contribution >= 0.6 is 0 Å². The second-order valence-electron chi connectivity index (χ2n) is 6.03. The van der Waals surface area contributed by atoms with Gasteiger partial charge in [-0.15, -0.1) is 0 Å². The van der Waals surface area contributed by atoms with E-state index in [1.54, 1.807) is 7.11 Å². The van der Waals surface area contributed by atoms with Gasteiger partial charge in [-0.05, 0) is 22.9 Å². The molecule has 1 heterocycles. The summed E-state index contributed by atoms with van der Waals surface area (Å²) in [5.74, 6) is 0.961. The van der Waals surface area contributed by atoms with E-state index < -0.39 is 0 Å². The molecule has 0 amide bonds. The van der Waals surface area contributed by atoms with Crippen molar-refractivity contribution < 1.29 is 9.47 Å². The Hall–Kier alpha value is -1.62. The fraction of sp³-hybridized carbons (Fsp3) is 0.474. The van der Waals surface area contributed by atoms with Gasteiger partial charge >= 0.3 is 0 Å². The first-order chi connectivity index (χ1) is 11.3. The molecule has 1 fully saturated rings. The number of rotatable bonds is 7. The van der Waals surface area contributed by atoms with Gasteiger partial charge in [0.05, 0.1) is 6.61 Å². The summed E-state index contributed by atoms with van der Waals surface area (Å²) in [5, 5.41) is 2.49. The largest absolute Gasteiger partial charge is 0.492 e. The lowest BCUT2D eigenvalue weighted by atomic mass is 10.1. The number of hydrogen-bond acceptors (Lipinski definition) is 4. The van der Waals surface area contributed by atoms with Crippen LogP contribution in [-0.2, 0) is 4.74 Å². The van der Waals surface area contributed by atoms with Gasteiger partial charge in [-0.25, -0.2) is 0 Å². The minimum atomic E-state index is 0.746. The first-order valence-corrected chi connectivity index (χ1v) is 8.40. The molecule has 0 atom stereocenters.